The van der Waals surface area contributed by atoms with Crippen LogP contribution in [0.25, 0.3) is 0 Å². The Bertz CT molecular complexity index is 480. The third-order valence-electron chi connectivity index (χ3n) is 2.61. The number of nitrogens with zero attached hydrogens (tertiary/aromatic N) is 1. The summed E-state index contributed by atoms with van der Waals surface area (Å²) in [5.74, 6) is 1.29. The van der Waals surface area contributed by atoms with E-state index in [9.17, 15) is 4.79 Å². The fourth-order valence-electron chi connectivity index (χ4n) is 1.95. The molecule has 1 aromatic rings. The minimum atomic E-state index is 0.197. The van der Waals surface area contributed by atoms with Crippen LogP contribution in [0, 0.1) is 0 Å². The van der Waals surface area contributed by atoms with E-state index in [4.69, 9.17) is 21.1 Å². The summed E-state index contributed by atoms with van der Waals surface area (Å²) >= 11 is 6.12. The van der Waals surface area contributed by atoms with Gasteiger partial charge in [0, 0.05) is 5.56 Å². The monoisotopic (exact) mass is 269 g/mol. The van der Waals surface area contributed by atoms with Crippen molar-refractivity contribution in [3.8, 4) is 11.5 Å². The van der Waals surface area contributed by atoms with E-state index in [1.807, 2.05) is 13.8 Å². The van der Waals surface area contributed by atoms with Gasteiger partial charge in [-0.2, -0.15) is 0 Å². The summed E-state index contributed by atoms with van der Waals surface area (Å²) in [5.41, 5.74) is 1.79. The van der Waals surface area contributed by atoms with E-state index in [1.165, 1.54) is 13.2 Å². The molecule has 98 valence electrons. The van der Waals surface area contributed by atoms with Crippen molar-refractivity contribution >= 4 is 17.7 Å². The fourth-order valence-corrected chi connectivity index (χ4v) is 2.24. The largest absolute Gasteiger partial charge is 0.492 e. The lowest BCUT2D eigenvalue weighted by molar-refractivity contribution is 0.350. The highest BCUT2D eigenvalue weighted by molar-refractivity contribution is 6.32. The van der Waals surface area contributed by atoms with Gasteiger partial charge in [0.25, 0.3) is 0 Å². The molecule has 0 aromatic heterocycles. The quantitative estimate of drug-likeness (QED) is 0.609. The molecule has 0 radical (unpaired) electrons. The minimum absolute atomic E-state index is 0.197. The highest BCUT2D eigenvalue weighted by atomic mass is 35.5. The summed E-state index contributed by atoms with van der Waals surface area (Å²) in [7, 11) is 3.10. The van der Waals surface area contributed by atoms with Gasteiger partial charge in [-0.05, 0) is 17.5 Å². The molecule has 0 amide bonds. The van der Waals surface area contributed by atoms with E-state index in [-0.39, 0.29) is 12.5 Å². The van der Waals surface area contributed by atoms with E-state index in [2.05, 4.69) is 4.99 Å². The zero-order chi connectivity index (χ0) is 13.7. The van der Waals surface area contributed by atoms with Crippen molar-refractivity contribution in [1.82, 2.24) is 0 Å². The number of hydrogen-bond donors (Lipinski definition) is 0. The van der Waals surface area contributed by atoms with Crippen LogP contribution < -0.4 is 9.47 Å². The van der Waals surface area contributed by atoms with Gasteiger partial charge in [-0.3, -0.25) is 0 Å². The zero-order valence-corrected chi connectivity index (χ0v) is 11.7. The van der Waals surface area contributed by atoms with Crippen molar-refractivity contribution < 1.29 is 14.3 Å². The molecule has 18 heavy (non-hydrogen) atoms. The van der Waals surface area contributed by atoms with Crippen LogP contribution in [0.1, 0.15) is 30.9 Å². The number of ether oxygens (including phenoxy) is 2. The first-order chi connectivity index (χ1) is 8.56. The molecule has 0 spiro atoms. The Morgan fingerprint density at radius 2 is 1.94 bits per heavy atom. The van der Waals surface area contributed by atoms with Crippen LogP contribution in [0.3, 0.4) is 0 Å². The van der Waals surface area contributed by atoms with Crippen LogP contribution in [-0.2, 0) is 11.3 Å². The fraction of sp³-hybridized carbons (Fsp3) is 0.462. The molecule has 0 heterocycles. The van der Waals surface area contributed by atoms with Gasteiger partial charge in [-0.15, -0.1) is 0 Å². The maximum Gasteiger partial charge on any atom is 0.235 e. The lowest BCUT2D eigenvalue weighted by Gasteiger charge is -2.19. The number of isocyanates is 1. The maximum absolute atomic E-state index is 10.2. The Labute approximate surface area is 112 Å². The van der Waals surface area contributed by atoms with Crippen molar-refractivity contribution in [2.45, 2.75) is 26.3 Å². The van der Waals surface area contributed by atoms with Gasteiger partial charge in [-0.25, -0.2) is 9.79 Å². The molecule has 1 rings (SSSR count). The molecule has 0 saturated heterocycles. The molecule has 5 heteroatoms. The van der Waals surface area contributed by atoms with Crippen molar-refractivity contribution in [2.75, 3.05) is 14.2 Å². The Morgan fingerprint density at radius 1 is 1.33 bits per heavy atom. The molecule has 4 nitrogen and oxygen atoms in total. The second-order valence-corrected chi connectivity index (χ2v) is 4.47. The molecular formula is C13H16ClNO3. The van der Waals surface area contributed by atoms with Gasteiger partial charge in [-0.1, -0.05) is 25.4 Å². The number of aliphatic imine (C=N–C) groups is 1. The summed E-state index contributed by atoms with van der Waals surface area (Å²) in [6, 6.07) is 1.75. The number of halogens is 1. The summed E-state index contributed by atoms with van der Waals surface area (Å²) in [6.07, 6.45) is 1.53. The lowest BCUT2D eigenvalue weighted by Crippen LogP contribution is -2.03. The normalized spacial score (nSPS) is 10.1. The topological polar surface area (TPSA) is 47.9 Å². The van der Waals surface area contributed by atoms with Crippen molar-refractivity contribution in [3.05, 3.63) is 22.2 Å². The second kappa shape index (κ2) is 6.43. The predicted molar refractivity (Wildman–Crippen MR) is 70.5 cm³/mol. The number of methoxy groups -OCH3 is 2. The highest BCUT2D eigenvalue weighted by Gasteiger charge is 2.20. The summed E-state index contributed by atoms with van der Waals surface area (Å²) < 4.78 is 10.6. The third kappa shape index (κ3) is 2.84. The van der Waals surface area contributed by atoms with Crippen molar-refractivity contribution in [1.29, 1.82) is 0 Å². The van der Waals surface area contributed by atoms with E-state index >= 15 is 0 Å². The standard InChI is InChI=1S/C13H16ClNO3/c1-8(2)11-9(6-15-7-16)5-10(14)12(17-3)13(11)18-4/h5,8H,6H2,1-4H3. The zero-order valence-electron chi connectivity index (χ0n) is 10.9. The minimum Gasteiger partial charge on any atom is -0.492 e. The number of benzene rings is 1. The molecule has 0 fully saturated rings. The number of hydrogen-bond acceptors (Lipinski definition) is 4. The lowest BCUT2D eigenvalue weighted by atomic mass is 9.95. The number of rotatable bonds is 5. The Kier molecular flexibility index (Phi) is 5.20. The van der Waals surface area contributed by atoms with Gasteiger partial charge < -0.3 is 9.47 Å². The molecule has 0 unspecified atom stereocenters. The van der Waals surface area contributed by atoms with Crippen LogP contribution in [0.2, 0.25) is 5.02 Å². The van der Waals surface area contributed by atoms with E-state index < -0.39 is 0 Å². The van der Waals surface area contributed by atoms with Crippen LogP contribution in [0.4, 0.5) is 0 Å². The van der Waals surface area contributed by atoms with E-state index in [0.29, 0.717) is 16.5 Å². The van der Waals surface area contributed by atoms with Gasteiger partial charge in [0.1, 0.15) is 0 Å². The SMILES string of the molecule is COc1c(Cl)cc(CN=C=O)c(C(C)C)c1OC. The third-order valence-corrected chi connectivity index (χ3v) is 2.89. The van der Waals surface area contributed by atoms with Gasteiger partial charge in [0.05, 0.1) is 25.8 Å². The molecule has 0 aliphatic rings. The molecular weight excluding hydrogens is 254 g/mol. The maximum atomic E-state index is 10.2. The molecule has 0 N–H and O–H groups in total. The first kappa shape index (κ1) is 14.6. The first-order valence-corrected chi connectivity index (χ1v) is 5.91. The van der Waals surface area contributed by atoms with Crippen molar-refractivity contribution in [2.24, 2.45) is 4.99 Å². The Morgan fingerprint density at radius 3 is 2.39 bits per heavy atom. The van der Waals surface area contributed by atoms with Gasteiger partial charge in [0.15, 0.2) is 11.5 Å². The van der Waals surface area contributed by atoms with Crippen LogP contribution in [0.5, 0.6) is 11.5 Å². The van der Waals surface area contributed by atoms with Crippen LogP contribution >= 0.6 is 11.6 Å². The van der Waals surface area contributed by atoms with Crippen LogP contribution in [-0.4, -0.2) is 20.3 Å². The molecule has 0 atom stereocenters. The predicted octanol–water partition coefficient (Wildman–Crippen LogP) is 3.32. The van der Waals surface area contributed by atoms with E-state index in [0.717, 1.165) is 11.1 Å². The average molecular weight is 270 g/mol. The smallest absolute Gasteiger partial charge is 0.235 e. The summed E-state index contributed by atoms with van der Waals surface area (Å²) in [5, 5.41) is 0.440. The molecule has 0 aliphatic heterocycles. The molecule has 0 saturated carbocycles. The summed E-state index contributed by atoms with van der Waals surface area (Å²) in [4.78, 5) is 13.8. The highest BCUT2D eigenvalue weighted by Crippen LogP contribution is 2.43. The second-order valence-electron chi connectivity index (χ2n) is 4.06. The first-order valence-electron chi connectivity index (χ1n) is 5.53. The average Bonchev–Trinajstić information content (AvgIpc) is 2.34. The van der Waals surface area contributed by atoms with Crippen LogP contribution in [0.15, 0.2) is 11.1 Å². The van der Waals surface area contributed by atoms with Crippen molar-refractivity contribution in [3.63, 3.8) is 0 Å². The van der Waals surface area contributed by atoms with E-state index in [1.54, 1.807) is 13.2 Å². The molecule has 1 aromatic carbocycles. The number of carbonyl (C=O) groups excluding carboxylic acids is 1. The Balaban J connectivity index is 3.51. The molecule has 0 bridgehead atoms. The summed E-state index contributed by atoms with van der Waals surface area (Å²) in [6.45, 7) is 4.29. The molecule has 0 aliphatic carbocycles. The Hall–Kier alpha value is -1.51. The van der Waals surface area contributed by atoms with Gasteiger partial charge in [0.2, 0.25) is 6.08 Å². The van der Waals surface area contributed by atoms with Gasteiger partial charge >= 0.3 is 0 Å².